The highest BCUT2D eigenvalue weighted by molar-refractivity contribution is 4.71. The molecule has 0 aromatic heterocycles. The van der Waals surface area contributed by atoms with Crippen LogP contribution in [0.3, 0.4) is 0 Å². The molecule has 0 heterocycles. The van der Waals surface area contributed by atoms with E-state index in [1.54, 1.807) is 0 Å². The molecule has 2 heteroatoms. The Hall–Kier alpha value is -0.0800. The van der Waals surface area contributed by atoms with Gasteiger partial charge in [-0.15, -0.1) is 0 Å². The lowest BCUT2D eigenvalue weighted by Gasteiger charge is -2.25. The zero-order chi connectivity index (χ0) is 8.81. The molecule has 0 unspecified atom stereocenters. The largest absolute Gasteiger partial charge is 0.393 e. The van der Waals surface area contributed by atoms with Crippen LogP contribution in [0.2, 0.25) is 0 Å². The molecule has 12 heavy (non-hydrogen) atoms. The first-order valence-corrected chi connectivity index (χ1v) is 5.15. The SMILES string of the molecule is CNCCCC1CCC(O)CC1. The Morgan fingerprint density at radius 1 is 1.25 bits per heavy atom. The highest BCUT2D eigenvalue weighted by Gasteiger charge is 2.18. The first kappa shape index (κ1) is 10.0. The van der Waals surface area contributed by atoms with Gasteiger partial charge in [0.25, 0.3) is 0 Å². The van der Waals surface area contributed by atoms with Crippen molar-refractivity contribution in [2.45, 2.75) is 44.6 Å². The van der Waals surface area contributed by atoms with Crippen molar-refractivity contribution in [2.75, 3.05) is 13.6 Å². The summed E-state index contributed by atoms with van der Waals surface area (Å²) in [4.78, 5) is 0. The molecule has 2 N–H and O–H groups in total. The summed E-state index contributed by atoms with van der Waals surface area (Å²) in [7, 11) is 2.00. The summed E-state index contributed by atoms with van der Waals surface area (Å²) in [6, 6.07) is 0. The van der Waals surface area contributed by atoms with Gasteiger partial charge in [-0.1, -0.05) is 0 Å². The molecule has 1 saturated carbocycles. The van der Waals surface area contributed by atoms with Crippen LogP contribution >= 0.6 is 0 Å². The van der Waals surface area contributed by atoms with Gasteiger partial charge in [0.2, 0.25) is 0 Å². The Balaban J connectivity index is 2.01. The van der Waals surface area contributed by atoms with Crippen molar-refractivity contribution >= 4 is 0 Å². The molecule has 2 nitrogen and oxygen atoms in total. The predicted octanol–water partition coefficient (Wildman–Crippen LogP) is 1.54. The van der Waals surface area contributed by atoms with E-state index in [1.807, 2.05) is 7.05 Å². The molecule has 1 fully saturated rings. The summed E-state index contributed by atoms with van der Waals surface area (Å²) in [5.41, 5.74) is 0. The van der Waals surface area contributed by atoms with Gasteiger partial charge in [0, 0.05) is 0 Å². The molecule has 0 amide bonds. The lowest BCUT2D eigenvalue weighted by Crippen LogP contribution is -2.19. The molecule has 1 aliphatic rings. The maximum absolute atomic E-state index is 9.29. The minimum atomic E-state index is 0.00514. The summed E-state index contributed by atoms with van der Waals surface area (Å²) in [5, 5.41) is 12.5. The Labute approximate surface area is 75.4 Å². The maximum atomic E-state index is 9.29. The molecule has 72 valence electrons. The summed E-state index contributed by atoms with van der Waals surface area (Å²) < 4.78 is 0. The fourth-order valence-electron chi connectivity index (χ4n) is 2.00. The Bertz CT molecular complexity index is 108. The molecule has 0 aliphatic heterocycles. The van der Waals surface area contributed by atoms with Gasteiger partial charge in [-0.3, -0.25) is 0 Å². The van der Waals surface area contributed by atoms with Gasteiger partial charge < -0.3 is 10.4 Å². The van der Waals surface area contributed by atoms with E-state index in [4.69, 9.17) is 0 Å². The zero-order valence-electron chi connectivity index (χ0n) is 8.05. The fraction of sp³-hybridized carbons (Fsp3) is 1.00. The van der Waals surface area contributed by atoms with Crippen LogP contribution < -0.4 is 5.32 Å². The van der Waals surface area contributed by atoms with Crippen LogP contribution in [0.4, 0.5) is 0 Å². The van der Waals surface area contributed by atoms with Crippen molar-refractivity contribution in [2.24, 2.45) is 5.92 Å². The first-order chi connectivity index (χ1) is 5.83. The molecule has 0 radical (unpaired) electrons. The van der Waals surface area contributed by atoms with Gasteiger partial charge in [-0.25, -0.2) is 0 Å². The maximum Gasteiger partial charge on any atom is 0.0540 e. The Morgan fingerprint density at radius 2 is 1.92 bits per heavy atom. The summed E-state index contributed by atoms with van der Waals surface area (Å²) >= 11 is 0. The normalized spacial score (nSPS) is 30.5. The van der Waals surface area contributed by atoms with Gasteiger partial charge >= 0.3 is 0 Å². The number of nitrogens with one attached hydrogen (secondary N) is 1. The van der Waals surface area contributed by atoms with Crippen LogP contribution in [0.25, 0.3) is 0 Å². The molecule has 1 rings (SSSR count). The molecule has 1 aliphatic carbocycles. The first-order valence-electron chi connectivity index (χ1n) is 5.15. The minimum absolute atomic E-state index is 0.00514. The Morgan fingerprint density at radius 3 is 2.50 bits per heavy atom. The van der Waals surface area contributed by atoms with Gasteiger partial charge in [0.1, 0.15) is 0 Å². The second kappa shape index (κ2) is 5.55. The standard InChI is InChI=1S/C10H21NO/c1-11-8-2-3-9-4-6-10(12)7-5-9/h9-12H,2-8H2,1H3. The van der Waals surface area contributed by atoms with E-state index in [0.29, 0.717) is 0 Å². The van der Waals surface area contributed by atoms with Crippen LogP contribution in [-0.4, -0.2) is 24.8 Å². The van der Waals surface area contributed by atoms with Gasteiger partial charge in [-0.05, 0) is 58.0 Å². The molecule has 0 aromatic carbocycles. The minimum Gasteiger partial charge on any atom is -0.393 e. The third-order valence-corrected chi connectivity index (χ3v) is 2.86. The van der Waals surface area contributed by atoms with Crippen molar-refractivity contribution in [3.8, 4) is 0 Å². The number of aliphatic hydroxyl groups excluding tert-OH is 1. The molecular weight excluding hydrogens is 150 g/mol. The van der Waals surface area contributed by atoms with E-state index in [9.17, 15) is 5.11 Å². The highest BCUT2D eigenvalue weighted by Crippen LogP contribution is 2.27. The molecule has 0 saturated heterocycles. The summed E-state index contributed by atoms with van der Waals surface area (Å²) in [6.07, 6.45) is 7.18. The second-order valence-corrected chi connectivity index (χ2v) is 3.92. The summed E-state index contributed by atoms with van der Waals surface area (Å²) in [5.74, 6) is 0.891. The molecular formula is C10H21NO. The molecule has 0 atom stereocenters. The molecule has 0 spiro atoms. The predicted molar refractivity (Wildman–Crippen MR) is 51.1 cm³/mol. The van der Waals surface area contributed by atoms with Crippen molar-refractivity contribution in [1.82, 2.24) is 5.32 Å². The van der Waals surface area contributed by atoms with E-state index in [-0.39, 0.29) is 6.10 Å². The van der Waals surface area contributed by atoms with Crippen molar-refractivity contribution < 1.29 is 5.11 Å². The number of rotatable bonds is 4. The second-order valence-electron chi connectivity index (χ2n) is 3.92. The highest BCUT2D eigenvalue weighted by atomic mass is 16.3. The number of hydrogen-bond acceptors (Lipinski definition) is 2. The van der Waals surface area contributed by atoms with E-state index in [2.05, 4.69) is 5.32 Å². The van der Waals surface area contributed by atoms with Crippen molar-refractivity contribution in [3.05, 3.63) is 0 Å². The van der Waals surface area contributed by atoms with Gasteiger partial charge in [0.15, 0.2) is 0 Å². The van der Waals surface area contributed by atoms with Crippen LogP contribution in [-0.2, 0) is 0 Å². The van der Waals surface area contributed by atoms with Gasteiger partial charge in [-0.2, -0.15) is 0 Å². The fourth-order valence-corrected chi connectivity index (χ4v) is 2.00. The van der Waals surface area contributed by atoms with E-state index < -0.39 is 0 Å². The van der Waals surface area contributed by atoms with E-state index >= 15 is 0 Å². The number of aliphatic hydroxyl groups is 1. The lowest BCUT2D eigenvalue weighted by atomic mass is 9.85. The Kier molecular flexibility index (Phi) is 4.62. The topological polar surface area (TPSA) is 32.3 Å². The van der Waals surface area contributed by atoms with Crippen LogP contribution in [0, 0.1) is 5.92 Å². The van der Waals surface area contributed by atoms with Gasteiger partial charge in [0.05, 0.1) is 6.10 Å². The monoisotopic (exact) mass is 171 g/mol. The third-order valence-electron chi connectivity index (χ3n) is 2.86. The van der Waals surface area contributed by atoms with E-state index in [1.165, 1.54) is 25.7 Å². The number of hydrogen-bond donors (Lipinski definition) is 2. The summed E-state index contributed by atoms with van der Waals surface area (Å²) in [6.45, 7) is 1.14. The van der Waals surface area contributed by atoms with E-state index in [0.717, 1.165) is 25.3 Å². The molecule has 0 aromatic rings. The average molecular weight is 171 g/mol. The van der Waals surface area contributed by atoms with Crippen molar-refractivity contribution in [3.63, 3.8) is 0 Å². The molecule has 0 bridgehead atoms. The average Bonchev–Trinajstić information content (AvgIpc) is 2.09. The van der Waals surface area contributed by atoms with Crippen LogP contribution in [0.5, 0.6) is 0 Å². The van der Waals surface area contributed by atoms with Crippen LogP contribution in [0.15, 0.2) is 0 Å². The zero-order valence-corrected chi connectivity index (χ0v) is 8.05. The lowest BCUT2D eigenvalue weighted by molar-refractivity contribution is 0.106. The van der Waals surface area contributed by atoms with Crippen molar-refractivity contribution in [1.29, 1.82) is 0 Å². The quantitative estimate of drug-likeness (QED) is 0.629. The smallest absolute Gasteiger partial charge is 0.0540 e. The third kappa shape index (κ3) is 3.55. The van der Waals surface area contributed by atoms with Crippen LogP contribution in [0.1, 0.15) is 38.5 Å².